The van der Waals surface area contributed by atoms with E-state index >= 15 is 0 Å². The number of carbonyl (C=O) groups excluding carboxylic acids is 2. The topological polar surface area (TPSA) is 67.4 Å². The van der Waals surface area contributed by atoms with Gasteiger partial charge in [0.15, 0.2) is 0 Å². The van der Waals surface area contributed by atoms with Gasteiger partial charge in [0.1, 0.15) is 5.75 Å². The Kier molecular flexibility index (Phi) is 4.78. The molecule has 0 spiro atoms. The summed E-state index contributed by atoms with van der Waals surface area (Å²) in [5.41, 5.74) is 2.64. The molecule has 0 saturated heterocycles. The van der Waals surface area contributed by atoms with Crippen molar-refractivity contribution in [2.75, 3.05) is 19.5 Å². The molecule has 0 bridgehead atoms. The maximum atomic E-state index is 12.2. The maximum Gasteiger partial charge on any atom is 0.255 e. The Labute approximate surface area is 129 Å². The van der Waals surface area contributed by atoms with Gasteiger partial charge in [-0.1, -0.05) is 6.07 Å². The second-order valence-electron chi connectivity index (χ2n) is 4.79. The number of aryl methyl sites for hydroxylation is 1. The number of hydrogen-bond acceptors (Lipinski definition) is 3. The molecule has 0 atom stereocenters. The zero-order valence-corrected chi connectivity index (χ0v) is 12.8. The lowest BCUT2D eigenvalue weighted by atomic mass is 10.1. The Morgan fingerprint density at radius 3 is 2.18 bits per heavy atom. The molecule has 2 aromatic carbocycles. The molecule has 0 heterocycles. The average Bonchev–Trinajstić information content (AvgIpc) is 2.55. The minimum atomic E-state index is -0.231. The van der Waals surface area contributed by atoms with Crippen LogP contribution in [-0.4, -0.2) is 26.0 Å². The highest BCUT2D eigenvalue weighted by molar-refractivity contribution is 6.04. The largest absolute Gasteiger partial charge is 0.496 e. The van der Waals surface area contributed by atoms with Crippen molar-refractivity contribution in [2.45, 2.75) is 6.92 Å². The summed E-state index contributed by atoms with van der Waals surface area (Å²) >= 11 is 0. The fourth-order valence-electron chi connectivity index (χ4n) is 2.01. The number of amides is 2. The summed E-state index contributed by atoms with van der Waals surface area (Å²) in [6.45, 7) is 1.91. The molecule has 0 fully saturated rings. The van der Waals surface area contributed by atoms with E-state index in [1.807, 2.05) is 13.0 Å². The molecule has 0 aliphatic carbocycles. The number of benzene rings is 2. The normalized spacial score (nSPS) is 9.95. The van der Waals surface area contributed by atoms with Crippen LogP contribution in [0.3, 0.4) is 0 Å². The summed E-state index contributed by atoms with van der Waals surface area (Å²) in [6.07, 6.45) is 0. The number of anilines is 1. The first-order valence-electron chi connectivity index (χ1n) is 6.83. The van der Waals surface area contributed by atoms with Gasteiger partial charge in [0.2, 0.25) is 0 Å². The summed E-state index contributed by atoms with van der Waals surface area (Å²) in [5.74, 6) is 0.273. The Morgan fingerprint density at radius 1 is 0.955 bits per heavy atom. The minimum Gasteiger partial charge on any atom is -0.496 e. The molecular weight excluding hydrogens is 280 g/mol. The Morgan fingerprint density at radius 2 is 1.59 bits per heavy atom. The van der Waals surface area contributed by atoms with Crippen molar-refractivity contribution in [3.63, 3.8) is 0 Å². The van der Waals surface area contributed by atoms with Gasteiger partial charge in [-0.25, -0.2) is 0 Å². The van der Waals surface area contributed by atoms with Crippen molar-refractivity contribution in [1.29, 1.82) is 0 Å². The highest BCUT2D eigenvalue weighted by Gasteiger charge is 2.09. The smallest absolute Gasteiger partial charge is 0.255 e. The lowest BCUT2D eigenvalue weighted by molar-refractivity contribution is 0.0962. The van der Waals surface area contributed by atoms with Crippen molar-refractivity contribution in [1.82, 2.24) is 5.32 Å². The first-order chi connectivity index (χ1) is 10.5. The van der Waals surface area contributed by atoms with Crippen LogP contribution in [0.2, 0.25) is 0 Å². The van der Waals surface area contributed by atoms with Crippen molar-refractivity contribution >= 4 is 17.5 Å². The third-order valence-corrected chi connectivity index (χ3v) is 3.30. The van der Waals surface area contributed by atoms with Gasteiger partial charge >= 0.3 is 0 Å². The lowest BCUT2D eigenvalue weighted by Gasteiger charge is -2.09. The van der Waals surface area contributed by atoms with E-state index in [1.54, 1.807) is 50.6 Å². The minimum absolute atomic E-state index is 0.166. The Balaban J connectivity index is 2.13. The molecule has 2 amide bonds. The van der Waals surface area contributed by atoms with Crippen LogP contribution in [-0.2, 0) is 0 Å². The molecule has 5 heteroatoms. The van der Waals surface area contributed by atoms with Crippen molar-refractivity contribution < 1.29 is 14.3 Å². The maximum absolute atomic E-state index is 12.2. The van der Waals surface area contributed by atoms with E-state index in [9.17, 15) is 9.59 Å². The molecule has 0 aliphatic rings. The van der Waals surface area contributed by atoms with E-state index in [0.29, 0.717) is 22.6 Å². The summed E-state index contributed by atoms with van der Waals surface area (Å²) in [6, 6.07) is 12.0. The van der Waals surface area contributed by atoms with Gasteiger partial charge in [-0.05, 0) is 48.9 Å². The van der Waals surface area contributed by atoms with Crippen LogP contribution in [0.5, 0.6) is 5.75 Å². The molecule has 2 rings (SSSR count). The van der Waals surface area contributed by atoms with Gasteiger partial charge in [0, 0.05) is 23.9 Å². The first kappa shape index (κ1) is 15.6. The molecule has 0 saturated carbocycles. The van der Waals surface area contributed by atoms with Crippen LogP contribution in [0, 0.1) is 6.92 Å². The van der Waals surface area contributed by atoms with Gasteiger partial charge in [0.25, 0.3) is 11.8 Å². The van der Waals surface area contributed by atoms with E-state index in [4.69, 9.17) is 4.74 Å². The summed E-state index contributed by atoms with van der Waals surface area (Å²) in [4.78, 5) is 23.7. The monoisotopic (exact) mass is 298 g/mol. The molecular formula is C17H18N2O3. The third-order valence-electron chi connectivity index (χ3n) is 3.30. The predicted octanol–water partition coefficient (Wildman–Crippen LogP) is 2.62. The van der Waals surface area contributed by atoms with Gasteiger partial charge in [0.05, 0.1) is 7.11 Å². The number of carbonyl (C=O) groups is 2. The second kappa shape index (κ2) is 6.76. The van der Waals surface area contributed by atoms with E-state index in [2.05, 4.69) is 10.6 Å². The van der Waals surface area contributed by atoms with Gasteiger partial charge in [-0.2, -0.15) is 0 Å². The molecule has 0 radical (unpaired) electrons. The molecule has 0 unspecified atom stereocenters. The van der Waals surface area contributed by atoms with Crippen LogP contribution in [0.25, 0.3) is 0 Å². The molecule has 22 heavy (non-hydrogen) atoms. The van der Waals surface area contributed by atoms with Gasteiger partial charge in [-0.3, -0.25) is 9.59 Å². The number of rotatable bonds is 4. The van der Waals surface area contributed by atoms with Crippen LogP contribution in [0.4, 0.5) is 5.69 Å². The Bertz CT molecular complexity index is 694. The average molecular weight is 298 g/mol. The zero-order valence-electron chi connectivity index (χ0n) is 12.8. The highest BCUT2D eigenvalue weighted by atomic mass is 16.5. The van der Waals surface area contributed by atoms with E-state index < -0.39 is 0 Å². The van der Waals surface area contributed by atoms with Crippen LogP contribution in [0.1, 0.15) is 26.3 Å². The standard InChI is InChI=1S/C17H18N2O3/c1-11-4-5-13(10-15(11)22-3)17(21)19-14-8-6-12(7-9-14)16(20)18-2/h4-10H,1-3H3,(H,18,20)(H,19,21). The van der Waals surface area contributed by atoms with Crippen LogP contribution in [0.15, 0.2) is 42.5 Å². The number of hydrogen-bond donors (Lipinski definition) is 2. The first-order valence-corrected chi connectivity index (χ1v) is 6.83. The summed E-state index contributed by atoms with van der Waals surface area (Å²) in [7, 11) is 3.14. The molecule has 5 nitrogen and oxygen atoms in total. The fraction of sp³-hybridized carbons (Fsp3) is 0.176. The molecule has 2 N–H and O–H groups in total. The molecule has 114 valence electrons. The third kappa shape index (κ3) is 3.44. The van der Waals surface area contributed by atoms with Crippen LogP contribution < -0.4 is 15.4 Å². The second-order valence-corrected chi connectivity index (χ2v) is 4.79. The molecule has 0 aliphatic heterocycles. The van der Waals surface area contributed by atoms with E-state index in [0.717, 1.165) is 5.56 Å². The van der Waals surface area contributed by atoms with Gasteiger partial charge in [-0.15, -0.1) is 0 Å². The SMILES string of the molecule is CNC(=O)c1ccc(NC(=O)c2ccc(C)c(OC)c2)cc1. The number of ether oxygens (including phenoxy) is 1. The number of methoxy groups -OCH3 is 1. The summed E-state index contributed by atoms with van der Waals surface area (Å²) in [5, 5.41) is 5.33. The number of nitrogens with one attached hydrogen (secondary N) is 2. The fourth-order valence-corrected chi connectivity index (χ4v) is 2.01. The predicted molar refractivity (Wildman–Crippen MR) is 85.5 cm³/mol. The quantitative estimate of drug-likeness (QED) is 0.911. The lowest BCUT2D eigenvalue weighted by Crippen LogP contribution is -2.17. The highest BCUT2D eigenvalue weighted by Crippen LogP contribution is 2.20. The molecule has 2 aromatic rings. The Hall–Kier alpha value is -2.82. The van der Waals surface area contributed by atoms with E-state index in [-0.39, 0.29) is 11.8 Å². The van der Waals surface area contributed by atoms with E-state index in [1.165, 1.54) is 0 Å². The van der Waals surface area contributed by atoms with Crippen LogP contribution >= 0.6 is 0 Å². The summed E-state index contributed by atoms with van der Waals surface area (Å²) < 4.78 is 5.22. The zero-order chi connectivity index (χ0) is 16.1. The van der Waals surface area contributed by atoms with Gasteiger partial charge < -0.3 is 15.4 Å². The molecule has 0 aromatic heterocycles. The van der Waals surface area contributed by atoms with Crippen molar-refractivity contribution in [2.24, 2.45) is 0 Å². The van der Waals surface area contributed by atoms with Crippen molar-refractivity contribution in [3.8, 4) is 5.75 Å². The van der Waals surface area contributed by atoms with Crippen molar-refractivity contribution in [3.05, 3.63) is 59.2 Å².